The number of anilines is 1. The summed E-state index contributed by atoms with van der Waals surface area (Å²) in [6.07, 6.45) is 4.21. The second-order valence-corrected chi connectivity index (χ2v) is 5.07. The van der Waals surface area contributed by atoms with Gasteiger partial charge in [0.15, 0.2) is 0 Å². The first-order valence-corrected chi connectivity index (χ1v) is 6.55. The number of nitrogens with zero attached hydrogens (tertiary/aromatic N) is 2. The third kappa shape index (κ3) is 3.16. The molecule has 0 aromatic carbocycles. The average Bonchev–Trinajstić information content (AvgIpc) is 2.66. The molecule has 5 nitrogen and oxygen atoms in total. The Kier molecular flexibility index (Phi) is 3.71. The first kappa shape index (κ1) is 11.3. The van der Waals surface area contributed by atoms with Crippen molar-refractivity contribution in [3.8, 4) is 0 Å². The highest BCUT2D eigenvalue weighted by Gasteiger charge is 2.14. The molecular weight excluding hydrogens is 224 g/mol. The number of nitrogens with two attached hydrogens (primary N) is 1. The van der Waals surface area contributed by atoms with Crippen LogP contribution >= 0.6 is 11.8 Å². The molecule has 1 fully saturated rings. The van der Waals surface area contributed by atoms with Gasteiger partial charge in [-0.25, -0.2) is 0 Å². The van der Waals surface area contributed by atoms with Crippen LogP contribution < -0.4 is 11.1 Å². The maximum Gasteiger partial charge on any atom is 0.239 e. The van der Waals surface area contributed by atoms with Gasteiger partial charge in [0.1, 0.15) is 12.4 Å². The molecule has 1 aliphatic rings. The monoisotopic (exact) mass is 240 g/mol. The molecular formula is C10H16N4OS. The van der Waals surface area contributed by atoms with Gasteiger partial charge in [0, 0.05) is 24.1 Å². The van der Waals surface area contributed by atoms with Crippen molar-refractivity contribution in [2.75, 3.05) is 16.8 Å². The summed E-state index contributed by atoms with van der Waals surface area (Å²) < 4.78 is 1.56. The predicted octanol–water partition coefficient (Wildman–Crippen LogP) is 0.676. The molecule has 0 saturated carbocycles. The van der Waals surface area contributed by atoms with Crippen molar-refractivity contribution >= 4 is 23.5 Å². The molecule has 1 saturated heterocycles. The number of rotatable bonds is 4. The maximum absolute atomic E-state index is 10.7. The fourth-order valence-electron chi connectivity index (χ4n) is 1.75. The number of thioether (sulfide) groups is 1. The van der Waals surface area contributed by atoms with E-state index in [1.165, 1.54) is 18.6 Å². The molecule has 1 aromatic rings. The molecule has 2 rings (SSSR count). The normalized spacial score (nSPS) is 20.6. The van der Waals surface area contributed by atoms with Crippen LogP contribution in [0.3, 0.4) is 0 Å². The average molecular weight is 240 g/mol. The van der Waals surface area contributed by atoms with Crippen LogP contribution in [0.2, 0.25) is 0 Å². The van der Waals surface area contributed by atoms with E-state index in [4.69, 9.17) is 5.73 Å². The molecule has 0 aliphatic carbocycles. The van der Waals surface area contributed by atoms with Crippen LogP contribution in [-0.2, 0) is 11.3 Å². The van der Waals surface area contributed by atoms with Gasteiger partial charge in [-0.1, -0.05) is 0 Å². The zero-order valence-corrected chi connectivity index (χ0v) is 9.87. The number of carbonyl (C=O) groups is 1. The number of aromatic nitrogens is 2. The van der Waals surface area contributed by atoms with E-state index in [1.54, 1.807) is 10.9 Å². The second kappa shape index (κ2) is 5.25. The molecule has 1 amide bonds. The lowest BCUT2D eigenvalue weighted by Gasteiger charge is -2.22. The molecule has 0 radical (unpaired) electrons. The summed E-state index contributed by atoms with van der Waals surface area (Å²) in [6.45, 7) is 0.140. The summed E-state index contributed by atoms with van der Waals surface area (Å²) in [7, 11) is 0. The lowest BCUT2D eigenvalue weighted by molar-refractivity contribution is -0.118. The number of hydrogen-bond acceptors (Lipinski definition) is 4. The van der Waals surface area contributed by atoms with Gasteiger partial charge in [-0.05, 0) is 18.6 Å². The molecule has 3 N–H and O–H groups in total. The lowest BCUT2D eigenvalue weighted by Crippen LogP contribution is -2.26. The molecule has 1 aromatic heterocycles. The summed E-state index contributed by atoms with van der Waals surface area (Å²) in [6, 6.07) is 2.37. The topological polar surface area (TPSA) is 72.9 Å². The highest BCUT2D eigenvalue weighted by Crippen LogP contribution is 2.19. The lowest BCUT2D eigenvalue weighted by atomic mass is 10.2. The highest BCUT2D eigenvalue weighted by atomic mass is 32.2. The minimum Gasteiger partial charge on any atom is -0.368 e. The smallest absolute Gasteiger partial charge is 0.239 e. The van der Waals surface area contributed by atoms with Gasteiger partial charge in [-0.15, -0.1) is 0 Å². The van der Waals surface area contributed by atoms with E-state index in [0.29, 0.717) is 6.04 Å². The fourth-order valence-corrected chi connectivity index (χ4v) is 2.82. The number of primary amides is 1. The summed E-state index contributed by atoms with van der Waals surface area (Å²) in [5.41, 5.74) is 5.09. The van der Waals surface area contributed by atoms with Gasteiger partial charge in [0.05, 0.1) is 0 Å². The van der Waals surface area contributed by atoms with Crippen molar-refractivity contribution in [1.29, 1.82) is 0 Å². The Hall–Kier alpha value is -1.17. The Labute approximate surface area is 98.8 Å². The van der Waals surface area contributed by atoms with Crippen LogP contribution in [0.15, 0.2) is 12.3 Å². The molecule has 2 heterocycles. The Balaban J connectivity index is 1.88. The number of carbonyl (C=O) groups excluding carboxylic acids is 1. The van der Waals surface area contributed by atoms with Gasteiger partial charge in [0.25, 0.3) is 0 Å². The van der Waals surface area contributed by atoms with E-state index in [0.717, 1.165) is 11.6 Å². The van der Waals surface area contributed by atoms with Crippen molar-refractivity contribution in [2.45, 2.75) is 25.4 Å². The maximum atomic E-state index is 10.7. The van der Waals surface area contributed by atoms with Crippen molar-refractivity contribution in [3.63, 3.8) is 0 Å². The number of amides is 1. The summed E-state index contributed by atoms with van der Waals surface area (Å²) in [4.78, 5) is 10.7. The minimum atomic E-state index is -0.372. The molecule has 0 spiro atoms. The first-order chi connectivity index (χ1) is 7.74. The Morgan fingerprint density at radius 3 is 3.31 bits per heavy atom. The summed E-state index contributed by atoms with van der Waals surface area (Å²) >= 11 is 1.97. The van der Waals surface area contributed by atoms with E-state index in [9.17, 15) is 4.79 Å². The highest BCUT2D eigenvalue weighted by molar-refractivity contribution is 7.99. The zero-order chi connectivity index (χ0) is 11.4. The van der Waals surface area contributed by atoms with Gasteiger partial charge in [-0.2, -0.15) is 16.9 Å². The Morgan fingerprint density at radius 1 is 1.75 bits per heavy atom. The number of nitrogens with one attached hydrogen (secondary N) is 1. The van der Waals surface area contributed by atoms with Crippen LogP contribution in [-0.4, -0.2) is 33.2 Å². The van der Waals surface area contributed by atoms with Gasteiger partial charge < -0.3 is 11.1 Å². The zero-order valence-electron chi connectivity index (χ0n) is 9.06. The Morgan fingerprint density at radius 2 is 2.62 bits per heavy atom. The second-order valence-electron chi connectivity index (χ2n) is 3.92. The minimum absolute atomic E-state index is 0.140. The van der Waals surface area contributed by atoms with Crippen molar-refractivity contribution in [3.05, 3.63) is 12.3 Å². The molecule has 1 atom stereocenters. The standard InChI is InChI=1S/C10H16N4OS/c11-9(15)6-14-4-3-10(13-14)12-8-2-1-5-16-7-8/h3-4,8H,1-2,5-7H2,(H2,11,15)(H,12,13). The molecule has 88 valence electrons. The molecule has 1 aliphatic heterocycles. The van der Waals surface area contributed by atoms with E-state index >= 15 is 0 Å². The van der Waals surface area contributed by atoms with Crippen molar-refractivity contribution in [1.82, 2.24) is 9.78 Å². The van der Waals surface area contributed by atoms with Gasteiger partial charge in [-0.3, -0.25) is 9.48 Å². The third-order valence-electron chi connectivity index (χ3n) is 2.47. The molecule has 0 bridgehead atoms. The van der Waals surface area contributed by atoms with Crippen molar-refractivity contribution in [2.24, 2.45) is 5.73 Å². The van der Waals surface area contributed by atoms with Crippen LogP contribution in [0.4, 0.5) is 5.82 Å². The van der Waals surface area contributed by atoms with E-state index in [1.807, 2.05) is 17.8 Å². The number of hydrogen-bond donors (Lipinski definition) is 2. The van der Waals surface area contributed by atoms with Gasteiger partial charge in [0.2, 0.25) is 5.91 Å². The van der Waals surface area contributed by atoms with E-state index in [-0.39, 0.29) is 12.5 Å². The van der Waals surface area contributed by atoms with Crippen LogP contribution in [0.1, 0.15) is 12.8 Å². The quantitative estimate of drug-likeness (QED) is 0.811. The first-order valence-electron chi connectivity index (χ1n) is 5.40. The SMILES string of the molecule is NC(=O)Cn1ccc(NC2CCCSC2)n1. The van der Waals surface area contributed by atoms with Crippen LogP contribution in [0, 0.1) is 0 Å². The third-order valence-corrected chi connectivity index (χ3v) is 3.69. The van der Waals surface area contributed by atoms with Crippen LogP contribution in [0.25, 0.3) is 0 Å². The molecule has 16 heavy (non-hydrogen) atoms. The van der Waals surface area contributed by atoms with Gasteiger partial charge >= 0.3 is 0 Å². The summed E-state index contributed by atoms with van der Waals surface area (Å²) in [5, 5.41) is 7.61. The van der Waals surface area contributed by atoms with Crippen molar-refractivity contribution < 1.29 is 4.79 Å². The summed E-state index contributed by atoms with van der Waals surface area (Å²) in [5.74, 6) is 2.84. The largest absolute Gasteiger partial charge is 0.368 e. The predicted molar refractivity (Wildman–Crippen MR) is 65.4 cm³/mol. The molecule has 1 unspecified atom stereocenters. The molecule has 6 heteroatoms. The Bertz CT molecular complexity index is 359. The fraction of sp³-hybridized carbons (Fsp3) is 0.600. The van der Waals surface area contributed by atoms with Crippen LogP contribution in [0.5, 0.6) is 0 Å². The van der Waals surface area contributed by atoms with E-state index < -0.39 is 0 Å². The van der Waals surface area contributed by atoms with E-state index in [2.05, 4.69) is 10.4 Å².